The van der Waals surface area contributed by atoms with Crippen LogP contribution in [-0.2, 0) is 4.75 Å². The summed E-state index contributed by atoms with van der Waals surface area (Å²) < 4.78 is 7.77. The van der Waals surface area contributed by atoms with Gasteiger partial charge in [-0.2, -0.15) is 21.4 Å². The van der Waals surface area contributed by atoms with Gasteiger partial charge in [0.25, 0.3) is 0 Å². The monoisotopic (exact) mass is 160 g/mol. The Morgan fingerprint density at radius 3 is 2.56 bits per heavy atom. The Hall–Kier alpha value is -0.0900. The van der Waals surface area contributed by atoms with Gasteiger partial charge in [0.15, 0.2) is 0 Å². The van der Waals surface area contributed by atoms with E-state index < -0.39 is 0 Å². The molecule has 0 unspecified atom stereocenters. The van der Waals surface area contributed by atoms with E-state index in [1.54, 1.807) is 6.20 Å². The Balaban J connectivity index is 2.90. The fraction of sp³-hybridized carbons (Fsp3) is 0.600. The molecule has 0 bridgehead atoms. The van der Waals surface area contributed by atoms with Gasteiger partial charge >= 0.3 is 0 Å². The smallest absolute Gasteiger partial charge is 0.0895 e. The third-order valence-electron chi connectivity index (χ3n) is 0.988. The van der Waals surface area contributed by atoms with E-state index in [1.807, 2.05) is 13.8 Å². The molecule has 2 nitrogen and oxygen atoms in total. The van der Waals surface area contributed by atoms with Crippen molar-refractivity contribution in [1.82, 2.24) is 8.75 Å². The van der Waals surface area contributed by atoms with E-state index in [4.69, 9.17) is 0 Å². The predicted octanol–water partition coefficient (Wildman–Crippen LogP) is 1.70. The van der Waals surface area contributed by atoms with Gasteiger partial charge < -0.3 is 0 Å². The number of hydrogen-bond acceptors (Lipinski definition) is 4. The van der Waals surface area contributed by atoms with Crippen LogP contribution in [0.25, 0.3) is 0 Å². The standard InChI is InChI=1S/C5H8N2S2/c1-5(2,8)4-3-6-9-7-4/h3,8H,1-2H3. The Morgan fingerprint density at radius 2 is 2.33 bits per heavy atom. The maximum Gasteiger partial charge on any atom is 0.0895 e. The van der Waals surface area contributed by atoms with Crippen molar-refractivity contribution in [2.75, 3.05) is 0 Å². The van der Waals surface area contributed by atoms with Gasteiger partial charge in [-0.25, -0.2) is 0 Å². The van der Waals surface area contributed by atoms with Gasteiger partial charge in [0.05, 0.1) is 28.4 Å². The molecule has 0 amide bonds. The second-order valence-corrected chi connectivity index (χ2v) is 4.03. The Morgan fingerprint density at radius 1 is 1.67 bits per heavy atom. The first-order chi connectivity index (χ1) is 4.11. The molecule has 0 aliphatic rings. The zero-order valence-electron chi connectivity index (χ0n) is 5.33. The highest BCUT2D eigenvalue weighted by Gasteiger charge is 2.16. The molecule has 50 valence electrons. The number of nitrogens with zero attached hydrogens (tertiary/aromatic N) is 2. The van der Waals surface area contributed by atoms with Crippen LogP contribution < -0.4 is 0 Å². The van der Waals surface area contributed by atoms with Crippen LogP contribution in [0.1, 0.15) is 19.5 Å². The Kier molecular flexibility index (Phi) is 1.77. The van der Waals surface area contributed by atoms with Gasteiger partial charge in [-0.15, -0.1) is 0 Å². The first-order valence-electron chi connectivity index (χ1n) is 2.61. The zero-order valence-corrected chi connectivity index (χ0v) is 7.04. The van der Waals surface area contributed by atoms with Crippen molar-refractivity contribution in [3.8, 4) is 0 Å². The highest BCUT2D eigenvalue weighted by Crippen LogP contribution is 2.24. The summed E-state index contributed by atoms with van der Waals surface area (Å²) in [6.45, 7) is 3.99. The molecule has 0 aromatic carbocycles. The number of thiol groups is 1. The van der Waals surface area contributed by atoms with Crippen LogP contribution in [0.5, 0.6) is 0 Å². The summed E-state index contributed by atoms with van der Waals surface area (Å²) in [4.78, 5) is 0. The largest absolute Gasteiger partial charge is 0.181 e. The summed E-state index contributed by atoms with van der Waals surface area (Å²) in [5.74, 6) is 0. The van der Waals surface area contributed by atoms with Crippen molar-refractivity contribution in [1.29, 1.82) is 0 Å². The molecule has 4 heteroatoms. The van der Waals surface area contributed by atoms with Crippen LogP contribution in [0.4, 0.5) is 0 Å². The highest BCUT2D eigenvalue weighted by molar-refractivity contribution is 7.81. The molecule has 0 saturated heterocycles. The van der Waals surface area contributed by atoms with Crippen LogP contribution in [0.2, 0.25) is 0 Å². The van der Waals surface area contributed by atoms with Gasteiger partial charge in [-0.3, -0.25) is 0 Å². The van der Waals surface area contributed by atoms with Crippen molar-refractivity contribution in [3.63, 3.8) is 0 Å². The second-order valence-electron chi connectivity index (χ2n) is 2.35. The van der Waals surface area contributed by atoms with Crippen LogP contribution in [0.15, 0.2) is 6.20 Å². The van der Waals surface area contributed by atoms with E-state index in [1.165, 1.54) is 11.7 Å². The van der Waals surface area contributed by atoms with Gasteiger partial charge in [0, 0.05) is 0 Å². The normalized spacial score (nSPS) is 11.9. The van der Waals surface area contributed by atoms with Crippen LogP contribution in [0.3, 0.4) is 0 Å². The summed E-state index contributed by atoms with van der Waals surface area (Å²) >= 11 is 5.53. The summed E-state index contributed by atoms with van der Waals surface area (Å²) in [5.41, 5.74) is 0.941. The fourth-order valence-corrected chi connectivity index (χ4v) is 1.17. The number of hydrogen-bond donors (Lipinski definition) is 1. The van der Waals surface area contributed by atoms with Crippen molar-refractivity contribution in [3.05, 3.63) is 11.9 Å². The minimum Gasteiger partial charge on any atom is -0.181 e. The molecule has 1 heterocycles. The molecule has 0 saturated carbocycles. The molecule has 1 aromatic rings. The van der Waals surface area contributed by atoms with Crippen molar-refractivity contribution in [2.45, 2.75) is 18.6 Å². The van der Waals surface area contributed by atoms with E-state index in [9.17, 15) is 0 Å². The van der Waals surface area contributed by atoms with Crippen LogP contribution in [0, 0.1) is 0 Å². The molecular weight excluding hydrogens is 152 g/mol. The summed E-state index contributed by atoms with van der Waals surface area (Å²) in [6, 6.07) is 0. The molecule has 9 heavy (non-hydrogen) atoms. The quantitative estimate of drug-likeness (QED) is 0.633. The van der Waals surface area contributed by atoms with Crippen molar-refractivity contribution >= 4 is 24.4 Å². The summed E-state index contributed by atoms with van der Waals surface area (Å²) in [6.07, 6.45) is 1.75. The second kappa shape index (κ2) is 2.27. The average Bonchev–Trinajstić information content (AvgIpc) is 2.08. The lowest BCUT2D eigenvalue weighted by molar-refractivity contribution is 0.766. The lowest BCUT2D eigenvalue weighted by Crippen LogP contribution is -2.07. The number of aromatic nitrogens is 2. The molecule has 0 aliphatic carbocycles. The Labute approximate surface area is 64.0 Å². The van der Waals surface area contributed by atoms with Gasteiger partial charge in [0.2, 0.25) is 0 Å². The van der Waals surface area contributed by atoms with Crippen LogP contribution >= 0.6 is 24.4 Å². The minimum atomic E-state index is -0.146. The maximum atomic E-state index is 4.31. The Bertz CT molecular complexity index is 175. The molecule has 0 N–H and O–H groups in total. The third kappa shape index (κ3) is 1.66. The predicted molar refractivity (Wildman–Crippen MR) is 41.9 cm³/mol. The zero-order chi connectivity index (χ0) is 6.91. The van der Waals surface area contributed by atoms with E-state index in [2.05, 4.69) is 21.4 Å². The molecule has 0 fully saturated rings. The third-order valence-corrected chi connectivity index (χ3v) is 1.70. The molecule has 0 radical (unpaired) electrons. The van der Waals surface area contributed by atoms with Crippen LogP contribution in [-0.4, -0.2) is 8.75 Å². The average molecular weight is 160 g/mol. The summed E-state index contributed by atoms with van der Waals surface area (Å²) in [7, 11) is 0. The van der Waals surface area contributed by atoms with Crippen molar-refractivity contribution < 1.29 is 0 Å². The fourth-order valence-electron chi connectivity index (χ4n) is 0.434. The number of rotatable bonds is 1. The molecule has 1 rings (SSSR count). The lowest BCUT2D eigenvalue weighted by Gasteiger charge is -2.11. The lowest BCUT2D eigenvalue weighted by atomic mass is 10.1. The first kappa shape index (κ1) is 7.02. The molecular formula is C5H8N2S2. The van der Waals surface area contributed by atoms with E-state index in [-0.39, 0.29) is 4.75 Å². The topological polar surface area (TPSA) is 25.8 Å². The highest BCUT2D eigenvalue weighted by atomic mass is 32.1. The van der Waals surface area contributed by atoms with E-state index in [0.29, 0.717) is 0 Å². The van der Waals surface area contributed by atoms with Crippen molar-refractivity contribution in [2.24, 2.45) is 0 Å². The molecule has 1 aromatic heterocycles. The first-order valence-corrected chi connectivity index (χ1v) is 3.79. The van der Waals surface area contributed by atoms with Gasteiger partial charge in [-0.05, 0) is 13.8 Å². The van der Waals surface area contributed by atoms with Gasteiger partial charge in [0.1, 0.15) is 0 Å². The summed E-state index contributed by atoms with van der Waals surface area (Å²) in [5, 5.41) is 0. The molecule has 0 atom stereocenters. The molecule has 0 aliphatic heterocycles. The van der Waals surface area contributed by atoms with Gasteiger partial charge in [-0.1, -0.05) is 0 Å². The minimum absolute atomic E-state index is 0.146. The van der Waals surface area contributed by atoms with E-state index >= 15 is 0 Å². The maximum absolute atomic E-state index is 4.31. The SMILES string of the molecule is CC(C)(S)c1cnsn1. The van der Waals surface area contributed by atoms with E-state index in [0.717, 1.165) is 5.69 Å². The molecule has 0 spiro atoms.